The molecule has 0 spiro atoms. The van der Waals surface area contributed by atoms with E-state index in [1.165, 1.54) is 0 Å². The smallest absolute Gasteiger partial charge is 0.338 e. The predicted molar refractivity (Wildman–Crippen MR) is 125 cm³/mol. The average Bonchev–Trinajstić information content (AvgIpc) is 2.86. The second kappa shape index (κ2) is 16.0. The van der Waals surface area contributed by atoms with Gasteiger partial charge in [-0.1, -0.05) is 50.2 Å². The first-order chi connectivity index (χ1) is 16.2. The van der Waals surface area contributed by atoms with Crippen LogP contribution in [0.2, 0.25) is 0 Å². The molecule has 0 heterocycles. The van der Waals surface area contributed by atoms with Gasteiger partial charge in [-0.3, -0.25) is 0 Å². The normalized spacial score (nSPS) is 10.7. The van der Waals surface area contributed by atoms with Crippen LogP contribution in [-0.2, 0) is 36.5 Å². The molecule has 0 N–H and O–H groups in total. The number of rotatable bonds is 16. The van der Waals surface area contributed by atoms with Gasteiger partial charge >= 0.3 is 11.9 Å². The van der Waals surface area contributed by atoms with Crippen molar-refractivity contribution in [2.45, 2.75) is 26.7 Å². The lowest BCUT2D eigenvalue weighted by Gasteiger charge is -2.10. The maximum absolute atomic E-state index is 12.1. The molecule has 0 radical (unpaired) electrons. The Labute approximate surface area is 195 Å². The van der Waals surface area contributed by atoms with Gasteiger partial charge in [0.25, 0.3) is 0 Å². The quantitative estimate of drug-likeness (QED) is 0.279. The Morgan fingerprint density at radius 3 is 1.24 bits per heavy atom. The first-order valence-electron chi connectivity index (χ1n) is 11.4. The molecule has 0 amide bonds. The summed E-state index contributed by atoms with van der Waals surface area (Å²) in [7, 11) is 0. The van der Waals surface area contributed by atoms with Crippen LogP contribution in [0.25, 0.3) is 0 Å². The number of aryl methyl sites for hydroxylation is 2. The molecule has 33 heavy (non-hydrogen) atoms. The van der Waals surface area contributed by atoms with E-state index in [0.29, 0.717) is 50.8 Å². The molecule has 0 aliphatic rings. The van der Waals surface area contributed by atoms with Crippen molar-refractivity contribution in [2.75, 3.05) is 52.9 Å². The van der Waals surface area contributed by atoms with Crippen molar-refractivity contribution in [2.24, 2.45) is 0 Å². The summed E-state index contributed by atoms with van der Waals surface area (Å²) in [5, 5.41) is 0. The number of hydrogen-bond acceptors (Lipinski definition) is 7. The summed E-state index contributed by atoms with van der Waals surface area (Å²) in [6.07, 6.45) is 1.56. The first-order valence-corrected chi connectivity index (χ1v) is 11.4. The molecular weight excluding hydrogens is 424 g/mol. The Morgan fingerprint density at radius 2 is 0.879 bits per heavy atom. The van der Waals surface area contributed by atoms with Crippen LogP contribution in [0.5, 0.6) is 0 Å². The van der Waals surface area contributed by atoms with Gasteiger partial charge in [0.05, 0.1) is 50.8 Å². The summed E-state index contributed by atoms with van der Waals surface area (Å²) in [4.78, 5) is 24.2. The van der Waals surface area contributed by atoms with Crippen LogP contribution in [0.3, 0.4) is 0 Å². The molecule has 0 fully saturated rings. The van der Waals surface area contributed by atoms with E-state index in [4.69, 9.17) is 23.7 Å². The van der Waals surface area contributed by atoms with Crippen molar-refractivity contribution in [1.82, 2.24) is 0 Å². The fourth-order valence-electron chi connectivity index (χ4n) is 3.14. The molecule has 2 rings (SSSR count). The molecule has 0 unspecified atom stereocenters. The van der Waals surface area contributed by atoms with Gasteiger partial charge in [0.2, 0.25) is 0 Å². The van der Waals surface area contributed by atoms with E-state index >= 15 is 0 Å². The minimum atomic E-state index is -0.329. The summed E-state index contributed by atoms with van der Waals surface area (Å²) >= 11 is 0. The molecule has 0 aromatic heterocycles. The lowest BCUT2D eigenvalue weighted by molar-refractivity contribution is -0.00677. The molecule has 0 saturated carbocycles. The Balaban J connectivity index is 1.41. The number of esters is 2. The minimum absolute atomic E-state index is 0.196. The van der Waals surface area contributed by atoms with Crippen LogP contribution < -0.4 is 0 Å². The standard InChI is InChI=1S/C26H34O7/c1-3-21-9-5-7-11-23(21)25(27)32-19-17-30-15-13-29-14-16-31-18-20-33-26(28)24-12-8-6-10-22(24)4-2/h5-12H,3-4,13-20H2,1-2H3. The molecule has 7 nitrogen and oxygen atoms in total. The Morgan fingerprint density at radius 1 is 0.545 bits per heavy atom. The van der Waals surface area contributed by atoms with Crippen molar-refractivity contribution in [3.05, 3.63) is 70.8 Å². The van der Waals surface area contributed by atoms with Crippen LogP contribution in [0.4, 0.5) is 0 Å². The Kier molecular flexibility index (Phi) is 12.8. The maximum Gasteiger partial charge on any atom is 0.338 e. The molecule has 2 aromatic rings. The van der Waals surface area contributed by atoms with Crippen molar-refractivity contribution < 1.29 is 33.3 Å². The average molecular weight is 459 g/mol. The molecule has 0 aliphatic carbocycles. The summed E-state index contributed by atoms with van der Waals surface area (Å²) in [5.74, 6) is -0.658. The van der Waals surface area contributed by atoms with Gasteiger partial charge in [0, 0.05) is 0 Å². The Bertz CT molecular complexity index is 781. The fourth-order valence-corrected chi connectivity index (χ4v) is 3.14. The zero-order valence-electron chi connectivity index (χ0n) is 19.5. The van der Waals surface area contributed by atoms with E-state index in [9.17, 15) is 9.59 Å². The second-order valence-electron chi connectivity index (χ2n) is 7.13. The minimum Gasteiger partial charge on any atom is -0.460 e. The predicted octanol–water partition coefficient (Wildman–Crippen LogP) is 3.88. The van der Waals surface area contributed by atoms with E-state index in [-0.39, 0.29) is 25.2 Å². The monoisotopic (exact) mass is 458 g/mol. The largest absolute Gasteiger partial charge is 0.460 e. The van der Waals surface area contributed by atoms with Crippen LogP contribution >= 0.6 is 0 Å². The summed E-state index contributed by atoms with van der Waals surface area (Å²) in [5.41, 5.74) is 3.14. The van der Waals surface area contributed by atoms with E-state index in [0.717, 1.165) is 24.0 Å². The van der Waals surface area contributed by atoms with Crippen molar-refractivity contribution in [3.8, 4) is 0 Å². The molecule has 0 aliphatic heterocycles. The van der Waals surface area contributed by atoms with E-state index in [2.05, 4.69) is 0 Å². The molecule has 180 valence electrons. The van der Waals surface area contributed by atoms with Crippen molar-refractivity contribution >= 4 is 11.9 Å². The highest BCUT2D eigenvalue weighted by atomic mass is 16.6. The van der Waals surface area contributed by atoms with Gasteiger partial charge in [-0.05, 0) is 36.1 Å². The number of ether oxygens (including phenoxy) is 5. The molecule has 7 heteroatoms. The van der Waals surface area contributed by atoms with E-state index in [1.807, 2.05) is 50.2 Å². The zero-order valence-corrected chi connectivity index (χ0v) is 19.5. The molecule has 0 saturated heterocycles. The second-order valence-corrected chi connectivity index (χ2v) is 7.13. The van der Waals surface area contributed by atoms with Crippen LogP contribution in [0, 0.1) is 0 Å². The highest BCUT2D eigenvalue weighted by Gasteiger charge is 2.11. The number of carbonyl (C=O) groups excluding carboxylic acids is 2. The Hall–Kier alpha value is -2.74. The lowest BCUT2D eigenvalue weighted by atomic mass is 10.1. The van der Waals surface area contributed by atoms with Crippen LogP contribution in [-0.4, -0.2) is 64.8 Å². The van der Waals surface area contributed by atoms with Gasteiger partial charge in [-0.25, -0.2) is 9.59 Å². The third-order valence-electron chi connectivity index (χ3n) is 4.90. The highest BCUT2D eigenvalue weighted by Crippen LogP contribution is 2.11. The van der Waals surface area contributed by atoms with Gasteiger partial charge < -0.3 is 23.7 Å². The third-order valence-corrected chi connectivity index (χ3v) is 4.90. The third kappa shape index (κ3) is 9.74. The van der Waals surface area contributed by atoms with Gasteiger partial charge in [0.1, 0.15) is 13.2 Å². The SMILES string of the molecule is CCc1ccccc1C(=O)OCCOCCOCCOCCOC(=O)c1ccccc1CC. The molecule has 0 atom stereocenters. The first kappa shape index (κ1) is 26.5. The van der Waals surface area contributed by atoms with Gasteiger partial charge in [0.15, 0.2) is 0 Å². The summed E-state index contributed by atoms with van der Waals surface area (Å²) in [6, 6.07) is 14.9. The lowest BCUT2D eigenvalue weighted by Crippen LogP contribution is -2.16. The topological polar surface area (TPSA) is 80.3 Å². The van der Waals surface area contributed by atoms with Gasteiger partial charge in [-0.15, -0.1) is 0 Å². The molecular formula is C26H34O7. The molecule has 0 bridgehead atoms. The number of benzene rings is 2. The van der Waals surface area contributed by atoms with Gasteiger partial charge in [-0.2, -0.15) is 0 Å². The van der Waals surface area contributed by atoms with E-state index < -0.39 is 0 Å². The van der Waals surface area contributed by atoms with Crippen LogP contribution in [0.1, 0.15) is 45.7 Å². The highest BCUT2D eigenvalue weighted by molar-refractivity contribution is 5.91. The molecule has 2 aromatic carbocycles. The van der Waals surface area contributed by atoms with E-state index in [1.54, 1.807) is 12.1 Å². The zero-order chi connectivity index (χ0) is 23.7. The summed E-state index contributed by atoms with van der Waals surface area (Å²) < 4.78 is 26.7. The van der Waals surface area contributed by atoms with Crippen LogP contribution in [0.15, 0.2) is 48.5 Å². The number of hydrogen-bond donors (Lipinski definition) is 0. The maximum atomic E-state index is 12.1. The summed E-state index contributed by atoms with van der Waals surface area (Å²) in [6.45, 7) is 6.65. The number of carbonyl (C=O) groups is 2. The van der Waals surface area contributed by atoms with Crippen molar-refractivity contribution in [3.63, 3.8) is 0 Å². The fraction of sp³-hybridized carbons (Fsp3) is 0.462. The van der Waals surface area contributed by atoms with Crippen molar-refractivity contribution in [1.29, 1.82) is 0 Å².